The molecule has 0 bridgehead atoms. The van der Waals surface area contributed by atoms with Crippen molar-refractivity contribution in [2.24, 2.45) is 5.92 Å². The molecule has 2 nitrogen and oxygen atoms in total. The van der Waals surface area contributed by atoms with Gasteiger partial charge in [0.1, 0.15) is 17.9 Å². The average molecular weight is 215 g/mol. The highest BCUT2D eigenvalue weighted by Gasteiger charge is 2.28. The normalized spacial score (nSPS) is 26.2. The highest BCUT2D eigenvalue weighted by molar-refractivity contribution is 7.81. The first-order chi connectivity index (χ1) is 7.22. The molecule has 0 aromatic heterocycles. The van der Waals surface area contributed by atoms with E-state index in [0.29, 0.717) is 10.6 Å². The third-order valence-electron chi connectivity index (χ3n) is 2.36. The Kier molecular flexibility index (Phi) is 2.53. The summed E-state index contributed by atoms with van der Waals surface area (Å²) in [4.78, 5) is 0.411. The molecular weight excluding hydrogens is 206 g/mol. The number of fused-ring (bicyclic) bond motifs is 1. The summed E-state index contributed by atoms with van der Waals surface area (Å²) in [5, 5.41) is 8.68. The lowest BCUT2D eigenvalue weighted by Gasteiger charge is -2.14. The van der Waals surface area contributed by atoms with Gasteiger partial charge in [-0.05, 0) is 12.2 Å². The van der Waals surface area contributed by atoms with Gasteiger partial charge in [-0.15, -0.1) is 0 Å². The highest BCUT2D eigenvalue weighted by atomic mass is 32.1. The van der Waals surface area contributed by atoms with E-state index in [0.717, 1.165) is 0 Å². The fourth-order valence-corrected chi connectivity index (χ4v) is 1.72. The lowest BCUT2D eigenvalue weighted by atomic mass is 9.99. The van der Waals surface area contributed by atoms with Crippen LogP contribution in [-0.4, -0.2) is 11.0 Å². The van der Waals surface area contributed by atoms with Crippen molar-refractivity contribution in [3.8, 4) is 6.07 Å². The Balaban J connectivity index is 2.18. The van der Waals surface area contributed by atoms with Gasteiger partial charge in [0, 0.05) is 5.92 Å². The number of allylic oxidation sites excluding steroid dienone is 3. The van der Waals surface area contributed by atoms with E-state index in [1.807, 2.05) is 30.4 Å². The van der Waals surface area contributed by atoms with Crippen LogP contribution in [0, 0.1) is 17.2 Å². The van der Waals surface area contributed by atoms with Crippen molar-refractivity contribution in [2.75, 3.05) is 0 Å². The number of hydrogen-bond acceptors (Lipinski definition) is 3. The van der Waals surface area contributed by atoms with Gasteiger partial charge in [-0.25, -0.2) is 0 Å². The molecule has 0 amide bonds. The van der Waals surface area contributed by atoms with Gasteiger partial charge < -0.3 is 4.74 Å². The quantitative estimate of drug-likeness (QED) is 0.403. The molecule has 0 saturated carbocycles. The maximum Gasteiger partial charge on any atom is 0.136 e. The molecule has 0 aromatic carbocycles. The van der Waals surface area contributed by atoms with Gasteiger partial charge in [0.25, 0.3) is 0 Å². The van der Waals surface area contributed by atoms with Crippen LogP contribution in [0.1, 0.15) is 0 Å². The fraction of sp³-hybridized carbons (Fsp3) is 0.167. The van der Waals surface area contributed by atoms with Crippen LogP contribution in [0.4, 0.5) is 0 Å². The number of ether oxygens (including phenoxy) is 1. The van der Waals surface area contributed by atoms with Gasteiger partial charge in [0.2, 0.25) is 0 Å². The van der Waals surface area contributed by atoms with Crippen molar-refractivity contribution < 1.29 is 4.74 Å². The minimum absolute atomic E-state index is 0.0226. The van der Waals surface area contributed by atoms with E-state index in [-0.39, 0.29) is 17.6 Å². The molecule has 74 valence electrons. The second-order valence-corrected chi connectivity index (χ2v) is 3.79. The molecule has 0 fully saturated rings. The standard InChI is InChI=1S/C12H9NOS/c1-8(7-13)12(15)11-6-9-4-2-3-5-10(9)14-11/h2-6,9-10H,1H2. The van der Waals surface area contributed by atoms with Gasteiger partial charge >= 0.3 is 0 Å². The number of thiocarbonyl (C=S) groups is 1. The molecule has 3 heteroatoms. The maximum atomic E-state index is 8.68. The molecule has 2 unspecified atom stereocenters. The SMILES string of the molecule is C=C(C#N)C(=S)C1=CC2C=CC=CC2O1. The summed E-state index contributed by atoms with van der Waals surface area (Å²) in [5.74, 6) is 0.831. The van der Waals surface area contributed by atoms with E-state index in [9.17, 15) is 0 Å². The van der Waals surface area contributed by atoms with Crippen LogP contribution in [0.3, 0.4) is 0 Å². The Morgan fingerprint density at radius 2 is 2.20 bits per heavy atom. The van der Waals surface area contributed by atoms with Crippen LogP contribution in [0.2, 0.25) is 0 Å². The second kappa shape index (κ2) is 3.84. The predicted molar refractivity (Wildman–Crippen MR) is 62.1 cm³/mol. The van der Waals surface area contributed by atoms with Crippen molar-refractivity contribution >= 4 is 17.1 Å². The lowest BCUT2D eigenvalue weighted by molar-refractivity contribution is 0.179. The van der Waals surface area contributed by atoms with E-state index in [4.69, 9.17) is 22.2 Å². The summed E-state index contributed by atoms with van der Waals surface area (Å²) in [5.41, 5.74) is 0.280. The zero-order chi connectivity index (χ0) is 10.8. The molecule has 0 aromatic rings. The minimum atomic E-state index is 0.0226. The minimum Gasteiger partial charge on any atom is -0.484 e. The summed E-state index contributed by atoms with van der Waals surface area (Å²) in [7, 11) is 0. The maximum absolute atomic E-state index is 8.68. The number of hydrogen-bond donors (Lipinski definition) is 0. The molecule has 0 N–H and O–H groups in total. The Hall–Kier alpha value is -1.66. The monoisotopic (exact) mass is 215 g/mol. The zero-order valence-corrected chi connectivity index (χ0v) is 8.83. The van der Waals surface area contributed by atoms with E-state index in [2.05, 4.69) is 12.7 Å². The molecule has 2 atom stereocenters. The first-order valence-corrected chi connectivity index (χ1v) is 5.00. The smallest absolute Gasteiger partial charge is 0.136 e. The summed E-state index contributed by atoms with van der Waals surface area (Å²) in [6.45, 7) is 3.58. The lowest BCUT2D eigenvalue weighted by Crippen LogP contribution is -2.14. The van der Waals surface area contributed by atoms with E-state index in [1.54, 1.807) is 0 Å². The number of rotatable bonds is 2. The molecule has 0 saturated heterocycles. The number of nitriles is 1. The molecule has 1 aliphatic heterocycles. The van der Waals surface area contributed by atoms with Crippen LogP contribution in [0.25, 0.3) is 0 Å². The van der Waals surface area contributed by atoms with Crippen molar-refractivity contribution in [2.45, 2.75) is 6.10 Å². The van der Waals surface area contributed by atoms with Crippen LogP contribution in [-0.2, 0) is 4.74 Å². The van der Waals surface area contributed by atoms with Crippen molar-refractivity contribution in [3.63, 3.8) is 0 Å². The van der Waals surface area contributed by atoms with Crippen molar-refractivity contribution in [1.29, 1.82) is 5.26 Å². The molecule has 1 aliphatic carbocycles. The van der Waals surface area contributed by atoms with E-state index in [1.165, 1.54) is 0 Å². The predicted octanol–water partition coefficient (Wildman–Crippen LogP) is 2.46. The Labute approximate surface area is 93.8 Å². The molecule has 2 rings (SSSR count). The Morgan fingerprint density at radius 3 is 2.87 bits per heavy atom. The van der Waals surface area contributed by atoms with Gasteiger partial charge in [-0.1, -0.05) is 37.0 Å². The van der Waals surface area contributed by atoms with Gasteiger partial charge in [-0.3, -0.25) is 0 Å². The molecule has 2 aliphatic rings. The highest BCUT2D eigenvalue weighted by Crippen LogP contribution is 2.29. The van der Waals surface area contributed by atoms with Gasteiger partial charge in [0.05, 0.1) is 10.4 Å². The van der Waals surface area contributed by atoms with Gasteiger partial charge in [0.15, 0.2) is 0 Å². The van der Waals surface area contributed by atoms with Crippen molar-refractivity contribution in [1.82, 2.24) is 0 Å². The second-order valence-electron chi connectivity index (χ2n) is 3.38. The van der Waals surface area contributed by atoms with Crippen LogP contribution in [0.15, 0.2) is 48.3 Å². The average Bonchev–Trinajstić information content (AvgIpc) is 2.70. The summed E-state index contributed by atoms with van der Waals surface area (Å²) in [6, 6.07) is 1.93. The Bertz CT molecular complexity index is 451. The molecule has 0 spiro atoms. The van der Waals surface area contributed by atoms with E-state index >= 15 is 0 Å². The first kappa shape index (κ1) is 9.88. The van der Waals surface area contributed by atoms with E-state index < -0.39 is 0 Å². The summed E-state index contributed by atoms with van der Waals surface area (Å²) in [6.07, 6.45) is 9.91. The third kappa shape index (κ3) is 1.77. The topological polar surface area (TPSA) is 33.0 Å². The Morgan fingerprint density at radius 1 is 1.47 bits per heavy atom. The van der Waals surface area contributed by atoms with Gasteiger partial charge in [-0.2, -0.15) is 5.26 Å². The summed E-state index contributed by atoms with van der Waals surface area (Å²) < 4.78 is 5.62. The first-order valence-electron chi connectivity index (χ1n) is 4.59. The molecular formula is C12H9NOS. The van der Waals surface area contributed by atoms with Crippen LogP contribution in [0.5, 0.6) is 0 Å². The third-order valence-corrected chi connectivity index (χ3v) is 2.81. The molecule has 1 heterocycles. The van der Waals surface area contributed by atoms with Crippen LogP contribution >= 0.6 is 12.2 Å². The molecule has 15 heavy (non-hydrogen) atoms. The summed E-state index contributed by atoms with van der Waals surface area (Å²) >= 11 is 5.09. The fourth-order valence-electron chi connectivity index (χ4n) is 1.56. The molecule has 0 radical (unpaired) electrons. The number of nitrogens with zero attached hydrogens (tertiary/aromatic N) is 1. The van der Waals surface area contributed by atoms with Crippen LogP contribution < -0.4 is 0 Å². The zero-order valence-electron chi connectivity index (χ0n) is 8.01. The largest absolute Gasteiger partial charge is 0.484 e. The van der Waals surface area contributed by atoms with Crippen molar-refractivity contribution in [3.05, 3.63) is 48.3 Å².